The first-order chi connectivity index (χ1) is 6.70. The van der Waals surface area contributed by atoms with E-state index in [-0.39, 0.29) is 17.5 Å². The first kappa shape index (κ1) is 9.34. The van der Waals surface area contributed by atoms with E-state index < -0.39 is 0 Å². The van der Waals surface area contributed by atoms with E-state index in [1.807, 2.05) is 6.92 Å². The van der Waals surface area contributed by atoms with Crippen molar-refractivity contribution in [1.29, 1.82) is 0 Å². The molecule has 0 saturated heterocycles. The summed E-state index contributed by atoms with van der Waals surface area (Å²) in [4.78, 5) is 11.6. The largest absolute Gasteiger partial charge is 0.309 e. The summed E-state index contributed by atoms with van der Waals surface area (Å²) in [7, 11) is 0. The van der Waals surface area contributed by atoms with Crippen LogP contribution in [0.4, 0.5) is 4.39 Å². The smallest absolute Gasteiger partial charge is 0.176 e. The number of hydrogen-bond acceptors (Lipinski definition) is 2. The molecule has 2 nitrogen and oxygen atoms in total. The molecule has 1 N–H and O–H groups in total. The summed E-state index contributed by atoms with van der Waals surface area (Å²) in [6, 6.07) is 4.70. The third kappa shape index (κ3) is 1.44. The van der Waals surface area contributed by atoms with Crippen molar-refractivity contribution in [3.63, 3.8) is 0 Å². The van der Waals surface area contributed by atoms with E-state index in [9.17, 15) is 9.18 Å². The zero-order valence-electron chi connectivity index (χ0n) is 8.01. The lowest BCUT2D eigenvalue weighted by molar-refractivity contribution is 0.0993. The fourth-order valence-corrected chi connectivity index (χ4v) is 1.88. The maximum absolute atomic E-state index is 13.5. The standard InChI is InChI=1S/C11H12FNO/c1-7-5-13-6-10(14)8-3-2-4-9(12)11(7)8/h2-4,7,13H,5-6H2,1H3. The van der Waals surface area contributed by atoms with Crippen molar-refractivity contribution in [3.8, 4) is 0 Å². The maximum atomic E-state index is 13.5. The maximum Gasteiger partial charge on any atom is 0.176 e. The van der Waals surface area contributed by atoms with Crippen LogP contribution in [0, 0.1) is 5.82 Å². The number of carbonyl (C=O) groups is 1. The van der Waals surface area contributed by atoms with E-state index in [1.165, 1.54) is 6.07 Å². The molecule has 0 aliphatic carbocycles. The van der Waals surface area contributed by atoms with E-state index in [1.54, 1.807) is 12.1 Å². The summed E-state index contributed by atoms with van der Waals surface area (Å²) >= 11 is 0. The van der Waals surface area contributed by atoms with Crippen LogP contribution in [0.15, 0.2) is 18.2 Å². The Morgan fingerprint density at radius 2 is 2.29 bits per heavy atom. The van der Waals surface area contributed by atoms with E-state index in [4.69, 9.17) is 0 Å². The average Bonchev–Trinajstić information content (AvgIpc) is 2.29. The lowest BCUT2D eigenvalue weighted by Gasteiger charge is -2.11. The summed E-state index contributed by atoms with van der Waals surface area (Å²) in [6.45, 7) is 2.88. The Bertz CT molecular complexity index is 376. The predicted molar refractivity (Wildman–Crippen MR) is 52.0 cm³/mol. The highest BCUT2D eigenvalue weighted by Crippen LogP contribution is 2.24. The monoisotopic (exact) mass is 193 g/mol. The average molecular weight is 193 g/mol. The number of hydrogen-bond donors (Lipinski definition) is 1. The zero-order chi connectivity index (χ0) is 10.1. The Morgan fingerprint density at radius 3 is 3.07 bits per heavy atom. The van der Waals surface area contributed by atoms with Gasteiger partial charge in [0.1, 0.15) is 5.82 Å². The van der Waals surface area contributed by atoms with Crippen molar-refractivity contribution in [3.05, 3.63) is 35.1 Å². The number of ketones is 1. The molecule has 1 heterocycles. The molecule has 0 bridgehead atoms. The van der Waals surface area contributed by atoms with Gasteiger partial charge in [-0.25, -0.2) is 4.39 Å². The molecule has 0 radical (unpaired) electrons. The van der Waals surface area contributed by atoms with Gasteiger partial charge in [0.2, 0.25) is 0 Å². The summed E-state index contributed by atoms with van der Waals surface area (Å²) < 4.78 is 13.5. The van der Waals surface area contributed by atoms with Crippen LogP contribution < -0.4 is 5.32 Å². The molecule has 0 amide bonds. The molecule has 3 heteroatoms. The van der Waals surface area contributed by atoms with Crippen molar-refractivity contribution in [2.24, 2.45) is 0 Å². The number of halogens is 1. The van der Waals surface area contributed by atoms with Gasteiger partial charge in [0.25, 0.3) is 0 Å². The first-order valence-electron chi connectivity index (χ1n) is 4.72. The van der Waals surface area contributed by atoms with Crippen LogP contribution in [-0.2, 0) is 0 Å². The molecular weight excluding hydrogens is 181 g/mol. The van der Waals surface area contributed by atoms with Crippen LogP contribution in [0.3, 0.4) is 0 Å². The number of rotatable bonds is 0. The summed E-state index contributed by atoms with van der Waals surface area (Å²) in [5.41, 5.74) is 1.09. The van der Waals surface area contributed by atoms with Crippen molar-refractivity contribution >= 4 is 5.78 Å². The third-order valence-electron chi connectivity index (χ3n) is 2.58. The van der Waals surface area contributed by atoms with Crippen molar-refractivity contribution < 1.29 is 9.18 Å². The molecule has 1 atom stereocenters. The topological polar surface area (TPSA) is 29.1 Å². The van der Waals surface area contributed by atoms with Gasteiger partial charge in [-0.05, 0) is 12.0 Å². The summed E-state index contributed by atoms with van der Waals surface area (Å²) in [6.07, 6.45) is 0. The van der Waals surface area contributed by atoms with Gasteiger partial charge in [-0.3, -0.25) is 4.79 Å². The van der Waals surface area contributed by atoms with Gasteiger partial charge in [-0.2, -0.15) is 0 Å². The van der Waals surface area contributed by atoms with Crippen molar-refractivity contribution in [1.82, 2.24) is 5.32 Å². The number of benzene rings is 1. The molecule has 1 aliphatic rings. The first-order valence-corrected chi connectivity index (χ1v) is 4.72. The van der Waals surface area contributed by atoms with Gasteiger partial charge in [0.05, 0.1) is 6.54 Å². The Labute approximate surface area is 82.1 Å². The fourth-order valence-electron chi connectivity index (χ4n) is 1.88. The molecule has 14 heavy (non-hydrogen) atoms. The fraction of sp³-hybridized carbons (Fsp3) is 0.364. The number of nitrogens with one attached hydrogen (secondary N) is 1. The molecule has 74 valence electrons. The molecule has 2 rings (SSSR count). The molecule has 0 saturated carbocycles. The van der Waals surface area contributed by atoms with Crippen LogP contribution >= 0.6 is 0 Å². The predicted octanol–water partition coefficient (Wildman–Crippen LogP) is 1.72. The second-order valence-corrected chi connectivity index (χ2v) is 3.66. The molecular formula is C11H12FNO. The minimum Gasteiger partial charge on any atom is -0.309 e. The van der Waals surface area contributed by atoms with Crippen LogP contribution in [-0.4, -0.2) is 18.9 Å². The molecule has 1 aromatic rings. The Balaban J connectivity index is 2.59. The van der Waals surface area contributed by atoms with Gasteiger partial charge in [-0.1, -0.05) is 19.1 Å². The van der Waals surface area contributed by atoms with Crippen LogP contribution in [0.5, 0.6) is 0 Å². The van der Waals surface area contributed by atoms with Gasteiger partial charge >= 0.3 is 0 Å². The summed E-state index contributed by atoms with van der Waals surface area (Å²) in [5.74, 6) is -0.242. The quantitative estimate of drug-likeness (QED) is 0.679. The van der Waals surface area contributed by atoms with Crippen LogP contribution in [0.2, 0.25) is 0 Å². The second-order valence-electron chi connectivity index (χ2n) is 3.66. The molecule has 1 aliphatic heterocycles. The van der Waals surface area contributed by atoms with Crippen molar-refractivity contribution in [2.45, 2.75) is 12.8 Å². The third-order valence-corrected chi connectivity index (χ3v) is 2.58. The highest BCUT2D eigenvalue weighted by molar-refractivity contribution is 5.99. The minimum atomic E-state index is -0.271. The highest BCUT2D eigenvalue weighted by atomic mass is 19.1. The van der Waals surface area contributed by atoms with Crippen LogP contribution in [0.1, 0.15) is 28.8 Å². The molecule has 0 aromatic heterocycles. The number of carbonyl (C=O) groups excluding carboxylic acids is 1. The second kappa shape index (κ2) is 3.50. The van der Waals surface area contributed by atoms with E-state index in [0.29, 0.717) is 24.2 Å². The minimum absolute atomic E-state index is 0.0242. The SMILES string of the molecule is CC1CNCC(=O)c2cccc(F)c21. The Kier molecular flexibility index (Phi) is 2.33. The van der Waals surface area contributed by atoms with Crippen molar-refractivity contribution in [2.75, 3.05) is 13.1 Å². The molecule has 0 fully saturated rings. The number of Topliss-reactive ketones (excluding diaryl/α,β-unsaturated/α-hetero) is 1. The Hall–Kier alpha value is -1.22. The van der Waals surface area contributed by atoms with E-state index in [0.717, 1.165) is 0 Å². The van der Waals surface area contributed by atoms with Gasteiger partial charge in [0, 0.05) is 17.7 Å². The molecule has 1 aromatic carbocycles. The van der Waals surface area contributed by atoms with Crippen LogP contribution in [0.25, 0.3) is 0 Å². The summed E-state index contributed by atoms with van der Waals surface area (Å²) in [5, 5.41) is 3.00. The van der Waals surface area contributed by atoms with Gasteiger partial charge < -0.3 is 5.32 Å². The normalized spacial score (nSPS) is 21.6. The molecule has 0 spiro atoms. The zero-order valence-corrected chi connectivity index (χ0v) is 8.01. The Morgan fingerprint density at radius 1 is 1.50 bits per heavy atom. The van der Waals surface area contributed by atoms with Gasteiger partial charge in [-0.15, -0.1) is 0 Å². The molecule has 1 unspecified atom stereocenters. The lowest BCUT2D eigenvalue weighted by atomic mass is 9.94. The van der Waals surface area contributed by atoms with Gasteiger partial charge in [0.15, 0.2) is 5.78 Å². The number of fused-ring (bicyclic) bond motifs is 1. The highest BCUT2D eigenvalue weighted by Gasteiger charge is 2.22. The van der Waals surface area contributed by atoms with E-state index in [2.05, 4.69) is 5.32 Å². The van der Waals surface area contributed by atoms with E-state index >= 15 is 0 Å². The lowest BCUT2D eigenvalue weighted by Crippen LogP contribution is -2.22.